The van der Waals surface area contributed by atoms with E-state index >= 15 is 0 Å². The van der Waals surface area contributed by atoms with Crippen molar-refractivity contribution >= 4 is 69.3 Å². The van der Waals surface area contributed by atoms with Crippen LogP contribution in [0.2, 0.25) is 5.02 Å². The molecule has 1 aliphatic rings. The van der Waals surface area contributed by atoms with Crippen LogP contribution < -0.4 is 10.6 Å². The van der Waals surface area contributed by atoms with Crippen LogP contribution >= 0.6 is 34.2 Å². The Balaban J connectivity index is 1.20. The molecule has 4 rings (SSSR count). The molecule has 1 fully saturated rings. The lowest BCUT2D eigenvalue weighted by Gasteiger charge is -2.40. The van der Waals surface area contributed by atoms with E-state index < -0.39 is 23.7 Å². The van der Waals surface area contributed by atoms with Crippen LogP contribution in [0, 0.1) is 3.70 Å². The number of fused-ring (bicyclic) bond motifs is 1. The smallest absolute Gasteiger partial charge is 0.411 e. The van der Waals surface area contributed by atoms with Crippen LogP contribution in [-0.2, 0) is 19.0 Å². The molecule has 13 nitrogen and oxygen atoms in total. The molecule has 1 saturated heterocycles. The van der Waals surface area contributed by atoms with Gasteiger partial charge in [0.25, 0.3) is 5.91 Å². The Morgan fingerprint density at radius 3 is 2.67 bits per heavy atom. The lowest BCUT2D eigenvalue weighted by molar-refractivity contribution is -0.149. The standard InChI is InChI=1S/C28H35ClIN7O6/c1-28(2,3)43-27(40)36-11-10-35(17-21(36)26(39)41-4)12-14-42-13-8-32-25(38)19-6-5-18(15-20(19)29)34-23-24-33-16-22(30)37(24)9-7-31-23/h5-7,9,15-16,21H,8,10-14,17H2,1-4H3,(H,31,34)(H,32,38). The van der Waals surface area contributed by atoms with Gasteiger partial charge >= 0.3 is 12.1 Å². The second kappa shape index (κ2) is 14.5. The summed E-state index contributed by atoms with van der Waals surface area (Å²) in [6, 6.07) is 4.29. The third-order valence-electron chi connectivity index (χ3n) is 6.51. The Bertz CT molecular complexity index is 1460. The van der Waals surface area contributed by atoms with Crippen LogP contribution in [0.4, 0.5) is 16.3 Å². The minimum Gasteiger partial charge on any atom is -0.467 e. The van der Waals surface area contributed by atoms with Crippen molar-refractivity contribution < 1.29 is 28.6 Å². The van der Waals surface area contributed by atoms with Gasteiger partial charge in [-0.3, -0.25) is 19.0 Å². The van der Waals surface area contributed by atoms with Crippen molar-refractivity contribution in [2.24, 2.45) is 0 Å². The minimum atomic E-state index is -0.765. The Kier molecular flexibility index (Phi) is 11.0. The molecule has 3 heterocycles. The first-order valence-corrected chi connectivity index (χ1v) is 15.1. The van der Waals surface area contributed by atoms with E-state index in [0.717, 1.165) is 3.70 Å². The molecule has 15 heteroatoms. The molecule has 0 aliphatic carbocycles. The summed E-state index contributed by atoms with van der Waals surface area (Å²) < 4.78 is 18.9. The second-order valence-corrected chi connectivity index (χ2v) is 12.3. The zero-order chi connectivity index (χ0) is 31.1. The largest absolute Gasteiger partial charge is 0.467 e. The number of ether oxygens (including phenoxy) is 3. The highest BCUT2D eigenvalue weighted by atomic mass is 127. The molecule has 1 aliphatic heterocycles. The number of amides is 2. The van der Waals surface area contributed by atoms with E-state index in [1.807, 2.05) is 15.5 Å². The molecular formula is C28H35ClIN7O6. The van der Waals surface area contributed by atoms with Crippen LogP contribution in [0.5, 0.6) is 0 Å². The van der Waals surface area contributed by atoms with Crippen molar-refractivity contribution in [3.05, 3.63) is 51.1 Å². The van der Waals surface area contributed by atoms with Crippen molar-refractivity contribution in [1.29, 1.82) is 0 Å². The molecule has 0 spiro atoms. The summed E-state index contributed by atoms with van der Waals surface area (Å²) in [5.41, 5.74) is 1.02. The molecule has 1 atom stereocenters. The summed E-state index contributed by atoms with van der Waals surface area (Å²) in [5, 5.41) is 6.30. The van der Waals surface area contributed by atoms with Crippen LogP contribution in [0.15, 0.2) is 36.8 Å². The summed E-state index contributed by atoms with van der Waals surface area (Å²) in [7, 11) is 1.30. The molecule has 1 unspecified atom stereocenters. The number of imidazole rings is 1. The predicted octanol–water partition coefficient (Wildman–Crippen LogP) is 3.57. The normalized spacial score (nSPS) is 15.8. The molecular weight excluding hydrogens is 693 g/mol. The fourth-order valence-electron chi connectivity index (χ4n) is 4.44. The van der Waals surface area contributed by atoms with Gasteiger partial charge in [0.05, 0.1) is 37.1 Å². The van der Waals surface area contributed by atoms with Crippen molar-refractivity contribution in [1.82, 2.24) is 29.5 Å². The van der Waals surface area contributed by atoms with Crippen molar-refractivity contribution in [2.45, 2.75) is 32.4 Å². The van der Waals surface area contributed by atoms with E-state index in [2.05, 4.69) is 43.2 Å². The van der Waals surface area contributed by atoms with Crippen LogP contribution in [0.25, 0.3) is 5.65 Å². The number of methoxy groups -OCH3 is 1. The number of carbonyl (C=O) groups is 3. The first-order valence-electron chi connectivity index (χ1n) is 13.7. The van der Waals surface area contributed by atoms with E-state index in [4.69, 9.17) is 25.8 Å². The maximum absolute atomic E-state index is 12.7. The lowest BCUT2D eigenvalue weighted by Crippen LogP contribution is -2.59. The van der Waals surface area contributed by atoms with Crippen LogP contribution in [0.1, 0.15) is 31.1 Å². The Hall–Kier alpha value is -3.21. The number of rotatable bonds is 10. The summed E-state index contributed by atoms with van der Waals surface area (Å²) >= 11 is 8.61. The van der Waals surface area contributed by atoms with E-state index in [0.29, 0.717) is 67.1 Å². The van der Waals surface area contributed by atoms with Crippen molar-refractivity contribution in [3.63, 3.8) is 0 Å². The summed E-state index contributed by atoms with van der Waals surface area (Å²) in [5.74, 6) is -0.243. The SMILES string of the molecule is COC(=O)C1CN(CCOCCNC(=O)c2ccc(Nc3nccn4c(I)cnc34)cc2Cl)CCN1C(=O)OC(C)(C)C. The first-order chi connectivity index (χ1) is 20.5. The fraction of sp³-hybridized carbons (Fsp3) is 0.464. The molecule has 2 aromatic heterocycles. The summed E-state index contributed by atoms with van der Waals surface area (Å²) in [4.78, 5) is 49.8. The number of piperazine rings is 1. The summed E-state index contributed by atoms with van der Waals surface area (Å²) in [6.45, 7) is 8.04. The lowest BCUT2D eigenvalue weighted by atomic mass is 10.1. The highest BCUT2D eigenvalue weighted by Gasteiger charge is 2.38. The molecule has 43 heavy (non-hydrogen) atoms. The Morgan fingerprint density at radius 1 is 1.16 bits per heavy atom. The number of nitrogens with one attached hydrogen (secondary N) is 2. The topological polar surface area (TPSA) is 140 Å². The van der Waals surface area contributed by atoms with Gasteiger partial charge < -0.3 is 24.8 Å². The van der Waals surface area contributed by atoms with Gasteiger partial charge in [-0.15, -0.1) is 0 Å². The number of hydrogen-bond donors (Lipinski definition) is 2. The average molecular weight is 728 g/mol. The predicted molar refractivity (Wildman–Crippen MR) is 169 cm³/mol. The van der Waals surface area contributed by atoms with Gasteiger partial charge in [-0.2, -0.15) is 0 Å². The quantitative estimate of drug-likeness (QED) is 0.181. The van der Waals surface area contributed by atoms with E-state index in [-0.39, 0.29) is 12.5 Å². The number of nitrogens with zero attached hydrogens (tertiary/aromatic N) is 5. The Morgan fingerprint density at radius 2 is 1.95 bits per heavy atom. The average Bonchev–Trinajstić information content (AvgIpc) is 3.34. The molecule has 3 aromatic rings. The molecule has 2 amide bonds. The third kappa shape index (κ3) is 8.68. The van der Waals surface area contributed by atoms with Gasteiger partial charge in [0.2, 0.25) is 0 Å². The minimum absolute atomic E-state index is 0.288. The molecule has 232 valence electrons. The van der Waals surface area contributed by atoms with Crippen LogP contribution in [0.3, 0.4) is 0 Å². The number of aromatic nitrogens is 3. The maximum Gasteiger partial charge on any atom is 0.411 e. The zero-order valence-corrected chi connectivity index (χ0v) is 27.3. The molecule has 1 aromatic carbocycles. The van der Waals surface area contributed by atoms with Gasteiger partial charge in [0.15, 0.2) is 11.5 Å². The van der Waals surface area contributed by atoms with Crippen molar-refractivity contribution in [2.75, 3.05) is 58.4 Å². The monoisotopic (exact) mass is 727 g/mol. The molecule has 0 saturated carbocycles. The van der Waals surface area contributed by atoms with Crippen molar-refractivity contribution in [3.8, 4) is 0 Å². The van der Waals surface area contributed by atoms with Gasteiger partial charge in [0, 0.05) is 50.8 Å². The number of halogens is 2. The van der Waals surface area contributed by atoms with Gasteiger partial charge in [-0.25, -0.2) is 19.6 Å². The Labute approximate surface area is 268 Å². The highest BCUT2D eigenvalue weighted by molar-refractivity contribution is 14.1. The van der Waals surface area contributed by atoms with E-state index in [1.54, 1.807) is 51.4 Å². The highest BCUT2D eigenvalue weighted by Crippen LogP contribution is 2.25. The number of benzene rings is 1. The van der Waals surface area contributed by atoms with Gasteiger partial charge in [-0.05, 0) is 61.6 Å². The van der Waals surface area contributed by atoms with E-state index in [9.17, 15) is 14.4 Å². The second-order valence-electron chi connectivity index (χ2n) is 10.8. The van der Waals surface area contributed by atoms with Gasteiger partial charge in [-0.1, -0.05) is 11.6 Å². The number of carbonyl (C=O) groups excluding carboxylic acids is 3. The number of anilines is 2. The molecule has 2 N–H and O–H groups in total. The maximum atomic E-state index is 12.7. The van der Waals surface area contributed by atoms with E-state index in [1.165, 1.54) is 12.0 Å². The number of hydrogen-bond acceptors (Lipinski definition) is 10. The zero-order valence-electron chi connectivity index (χ0n) is 24.4. The first kappa shape index (κ1) is 32.7. The molecule has 0 bridgehead atoms. The van der Waals surface area contributed by atoms with Crippen LogP contribution in [-0.4, -0.2) is 107 Å². The number of esters is 1. The van der Waals surface area contributed by atoms with Gasteiger partial charge in [0.1, 0.15) is 15.3 Å². The third-order valence-corrected chi connectivity index (χ3v) is 7.62. The summed E-state index contributed by atoms with van der Waals surface area (Å²) in [6.07, 6.45) is 4.72. The fourth-order valence-corrected chi connectivity index (χ4v) is 5.23. The molecule has 0 radical (unpaired) electrons.